The number of likely N-dealkylation sites (tertiary alicyclic amines) is 1. The quantitative estimate of drug-likeness (QED) is 0.357. The first-order valence-corrected chi connectivity index (χ1v) is 12.8. The summed E-state index contributed by atoms with van der Waals surface area (Å²) >= 11 is 0. The maximum atomic E-state index is 12.2. The van der Waals surface area contributed by atoms with Crippen LogP contribution in [0.15, 0.2) is 47.0 Å². The number of rotatable bonds is 8. The standard InChI is InChI=1S/C29H31N3O6/c1-17-27(28(34)30-2)19-5-4-18(12-23(19)37-17)38-22-6-9-31-21-14-25(24(35-3)13-20(21)22)36-11-10-32-15-26(33)29(16-32)7-8-29/h4-6,9,12-14,26,33H,7-8,10-11,15-16H2,1-3H3,(H,30,34). The second kappa shape index (κ2) is 9.49. The van der Waals surface area contributed by atoms with E-state index in [0.717, 1.165) is 36.7 Å². The molecular weight excluding hydrogens is 486 g/mol. The number of amides is 1. The Hall–Kier alpha value is -3.82. The molecule has 3 heterocycles. The Balaban J connectivity index is 1.21. The molecule has 2 aliphatic rings. The summed E-state index contributed by atoms with van der Waals surface area (Å²) in [5, 5.41) is 14.4. The summed E-state index contributed by atoms with van der Waals surface area (Å²) in [7, 11) is 3.20. The maximum Gasteiger partial charge on any atom is 0.255 e. The number of β-amino-alcohol motifs (C(OH)–C–C–N with tert-alkyl or cyclic N) is 1. The second-order valence-electron chi connectivity index (χ2n) is 10.2. The Morgan fingerprint density at radius 3 is 2.76 bits per heavy atom. The van der Waals surface area contributed by atoms with Gasteiger partial charge in [-0.25, -0.2) is 0 Å². The fourth-order valence-corrected chi connectivity index (χ4v) is 5.45. The molecule has 2 aromatic heterocycles. The van der Waals surface area contributed by atoms with E-state index in [0.29, 0.717) is 58.6 Å². The molecule has 9 heteroatoms. The molecule has 2 fully saturated rings. The topological polar surface area (TPSA) is 106 Å². The molecule has 4 aromatic rings. The van der Waals surface area contributed by atoms with Crippen molar-refractivity contribution in [2.75, 3.05) is 40.4 Å². The number of benzene rings is 2. The molecule has 9 nitrogen and oxygen atoms in total. The van der Waals surface area contributed by atoms with Gasteiger partial charge in [-0.1, -0.05) is 0 Å². The van der Waals surface area contributed by atoms with Crippen LogP contribution < -0.4 is 19.5 Å². The predicted molar refractivity (Wildman–Crippen MR) is 142 cm³/mol. The maximum absolute atomic E-state index is 12.2. The number of carbonyl (C=O) groups is 1. The zero-order valence-corrected chi connectivity index (χ0v) is 21.7. The van der Waals surface area contributed by atoms with Crippen molar-refractivity contribution in [2.45, 2.75) is 25.9 Å². The number of aromatic nitrogens is 1. The number of aryl methyl sites for hydroxylation is 1. The van der Waals surface area contributed by atoms with Gasteiger partial charge in [-0.05, 0) is 44.0 Å². The largest absolute Gasteiger partial charge is 0.493 e. The average molecular weight is 518 g/mol. The fourth-order valence-electron chi connectivity index (χ4n) is 5.45. The SMILES string of the molecule is CNC(=O)c1c(C)oc2cc(Oc3ccnc4cc(OCCN5CC(O)C6(CC6)C5)c(OC)cc34)ccc12. The van der Waals surface area contributed by atoms with E-state index in [4.69, 9.17) is 18.6 Å². The molecule has 1 aliphatic carbocycles. The van der Waals surface area contributed by atoms with Crippen molar-refractivity contribution in [1.82, 2.24) is 15.2 Å². The number of fused-ring (bicyclic) bond motifs is 2. The molecule has 198 valence electrons. The summed E-state index contributed by atoms with van der Waals surface area (Å²) in [6.45, 7) is 4.64. The minimum Gasteiger partial charge on any atom is -0.493 e. The van der Waals surface area contributed by atoms with E-state index in [1.54, 1.807) is 39.4 Å². The van der Waals surface area contributed by atoms with Crippen LogP contribution in [0, 0.1) is 12.3 Å². The number of pyridine rings is 1. The number of aliphatic hydroxyl groups excluding tert-OH is 1. The van der Waals surface area contributed by atoms with Crippen LogP contribution in [-0.2, 0) is 0 Å². The zero-order valence-electron chi connectivity index (χ0n) is 21.7. The van der Waals surface area contributed by atoms with Gasteiger partial charge < -0.3 is 29.1 Å². The number of methoxy groups -OCH3 is 1. The number of nitrogens with zero attached hydrogens (tertiary/aromatic N) is 2. The summed E-state index contributed by atoms with van der Waals surface area (Å²) in [5.74, 6) is 2.74. The van der Waals surface area contributed by atoms with Gasteiger partial charge in [-0.15, -0.1) is 0 Å². The molecule has 1 saturated heterocycles. The van der Waals surface area contributed by atoms with E-state index in [1.807, 2.05) is 24.3 Å². The lowest BCUT2D eigenvalue weighted by molar-refractivity contribution is 0.0963. The van der Waals surface area contributed by atoms with Crippen molar-refractivity contribution in [2.24, 2.45) is 5.41 Å². The van der Waals surface area contributed by atoms with Gasteiger partial charge in [0.05, 0.1) is 24.3 Å². The van der Waals surface area contributed by atoms with E-state index in [1.165, 1.54) is 0 Å². The molecule has 2 N–H and O–H groups in total. The molecule has 1 saturated carbocycles. The highest BCUT2D eigenvalue weighted by Crippen LogP contribution is 2.52. The van der Waals surface area contributed by atoms with Crippen LogP contribution in [0.5, 0.6) is 23.0 Å². The van der Waals surface area contributed by atoms with Gasteiger partial charge >= 0.3 is 0 Å². The van der Waals surface area contributed by atoms with E-state index in [2.05, 4.69) is 15.2 Å². The molecule has 0 bridgehead atoms. The third-order valence-electron chi connectivity index (χ3n) is 7.74. The Morgan fingerprint density at radius 2 is 2.03 bits per heavy atom. The van der Waals surface area contributed by atoms with E-state index < -0.39 is 0 Å². The number of aliphatic hydroxyl groups is 1. The number of ether oxygens (including phenoxy) is 3. The first-order chi connectivity index (χ1) is 18.4. The molecule has 1 unspecified atom stereocenters. The Bertz CT molecular complexity index is 1530. The molecule has 1 aliphatic heterocycles. The van der Waals surface area contributed by atoms with Crippen LogP contribution in [0.1, 0.15) is 29.0 Å². The third-order valence-corrected chi connectivity index (χ3v) is 7.74. The van der Waals surface area contributed by atoms with Crippen molar-refractivity contribution in [3.8, 4) is 23.0 Å². The number of hydrogen-bond acceptors (Lipinski definition) is 8. The number of carbonyl (C=O) groups excluding carboxylic acids is 1. The Labute approximate surface area is 220 Å². The van der Waals surface area contributed by atoms with Gasteiger partial charge in [-0.2, -0.15) is 0 Å². The molecule has 0 radical (unpaired) electrons. The monoisotopic (exact) mass is 517 g/mol. The molecule has 38 heavy (non-hydrogen) atoms. The van der Waals surface area contributed by atoms with Gasteiger partial charge in [0, 0.05) is 61.2 Å². The van der Waals surface area contributed by atoms with Gasteiger partial charge in [0.2, 0.25) is 0 Å². The van der Waals surface area contributed by atoms with Crippen LogP contribution in [0.25, 0.3) is 21.9 Å². The smallest absolute Gasteiger partial charge is 0.255 e. The lowest BCUT2D eigenvalue weighted by Crippen LogP contribution is -2.27. The summed E-state index contributed by atoms with van der Waals surface area (Å²) in [6.07, 6.45) is 3.70. The van der Waals surface area contributed by atoms with Crippen molar-refractivity contribution in [3.63, 3.8) is 0 Å². The summed E-state index contributed by atoms with van der Waals surface area (Å²) < 4.78 is 23.8. The Kier molecular flexibility index (Phi) is 6.12. The fraction of sp³-hybridized carbons (Fsp3) is 0.379. The molecule has 1 spiro atoms. The number of nitrogens with one attached hydrogen (secondary N) is 1. The van der Waals surface area contributed by atoms with Gasteiger partial charge in [0.1, 0.15) is 29.4 Å². The Morgan fingerprint density at radius 1 is 1.18 bits per heavy atom. The minimum atomic E-state index is -0.226. The van der Waals surface area contributed by atoms with Crippen LogP contribution in [-0.4, -0.2) is 67.4 Å². The van der Waals surface area contributed by atoms with Crippen molar-refractivity contribution in [3.05, 3.63) is 53.9 Å². The van der Waals surface area contributed by atoms with E-state index in [9.17, 15) is 9.90 Å². The van der Waals surface area contributed by atoms with Crippen LogP contribution >= 0.6 is 0 Å². The van der Waals surface area contributed by atoms with Gasteiger partial charge in [-0.3, -0.25) is 14.7 Å². The first-order valence-electron chi connectivity index (χ1n) is 12.8. The molecule has 6 rings (SSSR count). The highest BCUT2D eigenvalue weighted by atomic mass is 16.5. The molecule has 1 amide bonds. The van der Waals surface area contributed by atoms with Crippen LogP contribution in [0.2, 0.25) is 0 Å². The first kappa shape index (κ1) is 24.5. The summed E-state index contributed by atoms with van der Waals surface area (Å²) in [4.78, 5) is 19.0. The molecule has 1 atom stereocenters. The van der Waals surface area contributed by atoms with Crippen LogP contribution in [0.3, 0.4) is 0 Å². The van der Waals surface area contributed by atoms with Crippen molar-refractivity contribution >= 4 is 27.8 Å². The molecular formula is C29H31N3O6. The normalized spacial score (nSPS) is 18.3. The number of hydrogen-bond donors (Lipinski definition) is 2. The van der Waals surface area contributed by atoms with Gasteiger partial charge in [0.25, 0.3) is 5.91 Å². The zero-order chi connectivity index (χ0) is 26.4. The minimum absolute atomic E-state index is 0.133. The lowest BCUT2D eigenvalue weighted by atomic mass is 10.0. The third kappa shape index (κ3) is 4.31. The highest BCUT2D eigenvalue weighted by molar-refractivity contribution is 6.07. The van der Waals surface area contributed by atoms with E-state index >= 15 is 0 Å². The van der Waals surface area contributed by atoms with Crippen molar-refractivity contribution < 1.29 is 28.5 Å². The predicted octanol–water partition coefficient (Wildman–Crippen LogP) is 4.29. The van der Waals surface area contributed by atoms with E-state index in [-0.39, 0.29) is 17.4 Å². The average Bonchev–Trinajstić information content (AvgIpc) is 3.53. The summed E-state index contributed by atoms with van der Waals surface area (Å²) in [6, 6.07) is 10.9. The second-order valence-corrected chi connectivity index (χ2v) is 10.2. The summed E-state index contributed by atoms with van der Waals surface area (Å²) in [5.41, 5.74) is 1.94. The van der Waals surface area contributed by atoms with Crippen LogP contribution in [0.4, 0.5) is 0 Å². The molecule has 2 aromatic carbocycles. The van der Waals surface area contributed by atoms with Gasteiger partial charge in [0.15, 0.2) is 11.5 Å². The lowest BCUT2D eigenvalue weighted by Gasteiger charge is -2.17. The highest BCUT2D eigenvalue weighted by Gasteiger charge is 2.54. The van der Waals surface area contributed by atoms with Crippen molar-refractivity contribution in [1.29, 1.82) is 0 Å². The number of furan rings is 1.